The van der Waals surface area contributed by atoms with Crippen LogP contribution in [0.5, 0.6) is 0 Å². The highest BCUT2D eigenvalue weighted by atomic mass is 79.9. The molecule has 3 N–H and O–H groups in total. The van der Waals surface area contributed by atoms with Gasteiger partial charge < -0.3 is 10.6 Å². The summed E-state index contributed by atoms with van der Waals surface area (Å²) in [5.74, 6) is -0.268. The molecular formula is C20H20BrN5O2. The number of aromatic nitrogens is 3. The van der Waals surface area contributed by atoms with Crippen molar-refractivity contribution >= 4 is 33.4 Å². The van der Waals surface area contributed by atoms with Gasteiger partial charge in [0, 0.05) is 30.2 Å². The fourth-order valence-corrected chi connectivity index (χ4v) is 3.42. The zero-order valence-corrected chi connectivity index (χ0v) is 17.1. The maximum atomic E-state index is 12.4. The summed E-state index contributed by atoms with van der Waals surface area (Å²) >= 11 is 3.43. The van der Waals surface area contributed by atoms with Gasteiger partial charge in [-0.15, -0.1) is 0 Å². The second kappa shape index (κ2) is 8.79. The molecule has 7 nitrogen and oxygen atoms in total. The van der Waals surface area contributed by atoms with E-state index in [2.05, 4.69) is 41.7 Å². The molecule has 0 fully saturated rings. The van der Waals surface area contributed by atoms with Crippen LogP contribution in [0.2, 0.25) is 0 Å². The standard InChI is InChI=1S/C20H20BrN5O2/c1-12(2)17-16(21)18(26-25-17)20(28)23-11-13-4-3-5-15(10-13)24-19(27)14-6-8-22-9-7-14/h3-10,12H,11H2,1-2H3,(H,23,28)(H,24,27)(H,25,26). The van der Waals surface area contributed by atoms with Crippen molar-refractivity contribution in [2.75, 3.05) is 5.32 Å². The molecule has 0 bridgehead atoms. The van der Waals surface area contributed by atoms with E-state index in [-0.39, 0.29) is 17.7 Å². The number of carbonyl (C=O) groups excluding carboxylic acids is 2. The molecule has 0 radical (unpaired) electrons. The van der Waals surface area contributed by atoms with Crippen LogP contribution in [-0.2, 0) is 6.54 Å². The molecule has 144 valence electrons. The van der Waals surface area contributed by atoms with E-state index in [1.54, 1.807) is 30.6 Å². The second-order valence-electron chi connectivity index (χ2n) is 6.53. The molecule has 0 saturated heterocycles. The van der Waals surface area contributed by atoms with Crippen molar-refractivity contribution in [3.05, 3.63) is 75.8 Å². The summed E-state index contributed by atoms with van der Waals surface area (Å²) in [5.41, 5.74) is 3.24. The third-order valence-electron chi connectivity index (χ3n) is 4.11. The van der Waals surface area contributed by atoms with Gasteiger partial charge in [0.1, 0.15) is 0 Å². The van der Waals surface area contributed by atoms with E-state index in [4.69, 9.17) is 0 Å². The molecule has 0 atom stereocenters. The Morgan fingerprint density at radius 2 is 1.89 bits per heavy atom. The molecule has 3 rings (SSSR count). The lowest BCUT2D eigenvalue weighted by molar-refractivity contribution is 0.0944. The molecule has 0 spiro atoms. The third-order valence-corrected chi connectivity index (χ3v) is 4.91. The SMILES string of the molecule is CC(C)c1[nH]nc(C(=O)NCc2cccc(NC(=O)c3ccncc3)c2)c1Br. The first-order valence-corrected chi connectivity index (χ1v) is 9.57. The largest absolute Gasteiger partial charge is 0.347 e. The number of amides is 2. The van der Waals surface area contributed by atoms with Crippen molar-refractivity contribution in [3.63, 3.8) is 0 Å². The molecule has 2 amide bonds. The number of nitrogens with one attached hydrogen (secondary N) is 3. The van der Waals surface area contributed by atoms with Crippen LogP contribution in [0.25, 0.3) is 0 Å². The summed E-state index contributed by atoms with van der Waals surface area (Å²) in [6, 6.07) is 10.6. The van der Waals surface area contributed by atoms with E-state index in [0.29, 0.717) is 28.0 Å². The van der Waals surface area contributed by atoms with Gasteiger partial charge in [-0.3, -0.25) is 19.7 Å². The smallest absolute Gasteiger partial charge is 0.273 e. The van der Waals surface area contributed by atoms with Crippen LogP contribution in [-0.4, -0.2) is 27.0 Å². The van der Waals surface area contributed by atoms with Crippen molar-refractivity contribution in [3.8, 4) is 0 Å². The number of hydrogen-bond donors (Lipinski definition) is 3. The number of anilines is 1. The van der Waals surface area contributed by atoms with Crippen molar-refractivity contribution in [1.29, 1.82) is 0 Å². The predicted octanol–water partition coefficient (Wildman–Crippen LogP) is 3.87. The fraction of sp³-hybridized carbons (Fsp3) is 0.200. The number of pyridine rings is 1. The predicted molar refractivity (Wildman–Crippen MR) is 110 cm³/mol. The van der Waals surface area contributed by atoms with Crippen molar-refractivity contribution in [2.45, 2.75) is 26.3 Å². The lowest BCUT2D eigenvalue weighted by atomic mass is 10.1. The fourth-order valence-electron chi connectivity index (χ4n) is 2.61. The minimum absolute atomic E-state index is 0.217. The topological polar surface area (TPSA) is 99.8 Å². The Labute approximate surface area is 171 Å². The summed E-state index contributed by atoms with van der Waals surface area (Å²) < 4.78 is 0.679. The van der Waals surface area contributed by atoms with Gasteiger partial charge in [-0.2, -0.15) is 5.10 Å². The number of hydrogen-bond acceptors (Lipinski definition) is 4. The molecule has 1 aromatic carbocycles. The maximum Gasteiger partial charge on any atom is 0.273 e. The maximum absolute atomic E-state index is 12.4. The first kappa shape index (κ1) is 19.8. The zero-order chi connectivity index (χ0) is 20.1. The Kier molecular flexibility index (Phi) is 6.20. The van der Waals surface area contributed by atoms with Gasteiger partial charge in [-0.1, -0.05) is 26.0 Å². The molecule has 28 heavy (non-hydrogen) atoms. The van der Waals surface area contributed by atoms with Gasteiger partial charge in [-0.25, -0.2) is 0 Å². The van der Waals surface area contributed by atoms with Crippen LogP contribution in [0.1, 0.15) is 51.9 Å². The summed E-state index contributed by atoms with van der Waals surface area (Å²) in [7, 11) is 0. The van der Waals surface area contributed by atoms with E-state index in [1.165, 1.54) is 0 Å². The monoisotopic (exact) mass is 441 g/mol. The Morgan fingerprint density at radius 3 is 2.57 bits per heavy atom. The van der Waals surface area contributed by atoms with E-state index in [1.807, 2.05) is 32.0 Å². The number of H-pyrrole nitrogens is 1. The van der Waals surface area contributed by atoms with Crippen molar-refractivity contribution in [2.24, 2.45) is 0 Å². The number of halogens is 1. The van der Waals surface area contributed by atoms with Gasteiger partial charge in [0.2, 0.25) is 0 Å². The van der Waals surface area contributed by atoms with Gasteiger partial charge in [0.15, 0.2) is 5.69 Å². The normalized spacial score (nSPS) is 10.7. The number of benzene rings is 1. The highest BCUT2D eigenvalue weighted by Gasteiger charge is 2.19. The van der Waals surface area contributed by atoms with Gasteiger partial charge in [0.05, 0.1) is 10.2 Å². The zero-order valence-electron chi connectivity index (χ0n) is 15.5. The molecule has 0 aliphatic carbocycles. The van der Waals surface area contributed by atoms with Gasteiger partial charge in [0.25, 0.3) is 11.8 Å². The lowest BCUT2D eigenvalue weighted by Gasteiger charge is -2.08. The number of nitrogens with zero attached hydrogens (tertiary/aromatic N) is 2. The highest BCUT2D eigenvalue weighted by molar-refractivity contribution is 9.10. The summed E-state index contributed by atoms with van der Waals surface area (Å²) in [5, 5.41) is 12.7. The number of carbonyl (C=O) groups is 2. The molecular weight excluding hydrogens is 422 g/mol. The summed E-state index contributed by atoms with van der Waals surface area (Å²) in [6.45, 7) is 4.35. The average Bonchev–Trinajstić information content (AvgIpc) is 3.09. The molecule has 0 unspecified atom stereocenters. The van der Waals surface area contributed by atoms with Crippen LogP contribution in [0.3, 0.4) is 0 Å². The lowest BCUT2D eigenvalue weighted by Crippen LogP contribution is -2.23. The highest BCUT2D eigenvalue weighted by Crippen LogP contribution is 2.25. The van der Waals surface area contributed by atoms with Crippen LogP contribution in [0, 0.1) is 0 Å². The first-order valence-electron chi connectivity index (χ1n) is 8.78. The molecule has 2 heterocycles. The quantitative estimate of drug-likeness (QED) is 0.540. The van der Waals surface area contributed by atoms with E-state index < -0.39 is 0 Å². The molecule has 8 heteroatoms. The van der Waals surface area contributed by atoms with E-state index in [0.717, 1.165) is 11.3 Å². The number of rotatable bonds is 6. The van der Waals surface area contributed by atoms with E-state index in [9.17, 15) is 9.59 Å². The van der Waals surface area contributed by atoms with E-state index >= 15 is 0 Å². The van der Waals surface area contributed by atoms with Crippen molar-refractivity contribution < 1.29 is 9.59 Å². The molecule has 2 aromatic heterocycles. The van der Waals surface area contributed by atoms with Gasteiger partial charge >= 0.3 is 0 Å². The Morgan fingerprint density at radius 1 is 1.14 bits per heavy atom. The Hall–Kier alpha value is -3.00. The third kappa shape index (κ3) is 4.64. The Bertz CT molecular complexity index is 985. The molecule has 3 aromatic rings. The molecule has 0 saturated carbocycles. The van der Waals surface area contributed by atoms with Crippen LogP contribution in [0.4, 0.5) is 5.69 Å². The average molecular weight is 442 g/mol. The van der Waals surface area contributed by atoms with Crippen LogP contribution >= 0.6 is 15.9 Å². The van der Waals surface area contributed by atoms with Gasteiger partial charge in [-0.05, 0) is 51.7 Å². The first-order chi connectivity index (χ1) is 13.5. The van der Waals surface area contributed by atoms with Crippen LogP contribution in [0.15, 0.2) is 53.3 Å². The van der Waals surface area contributed by atoms with Crippen LogP contribution < -0.4 is 10.6 Å². The minimum Gasteiger partial charge on any atom is -0.347 e. The summed E-state index contributed by atoms with van der Waals surface area (Å²) in [4.78, 5) is 28.6. The Balaban J connectivity index is 1.63. The van der Waals surface area contributed by atoms with Crippen molar-refractivity contribution in [1.82, 2.24) is 20.5 Å². The minimum atomic E-state index is -0.277. The molecule has 0 aliphatic heterocycles. The number of aromatic amines is 1. The summed E-state index contributed by atoms with van der Waals surface area (Å²) in [6.07, 6.45) is 3.14. The molecule has 0 aliphatic rings. The second-order valence-corrected chi connectivity index (χ2v) is 7.32.